The molecule has 2 nitrogen and oxygen atoms in total. The van der Waals surface area contributed by atoms with Crippen LogP contribution in [0.5, 0.6) is 0 Å². The molecule has 0 aliphatic rings. The van der Waals surface area contributed by atoms with E-state index in [0.717, 1.165) is 0 Å². The van der Waals surface area contributed by atoms with E-state index in [1.54, 1.807) is 0 Å². The molecule has 0 saturated heterocycles. The predicted molar refractivity (Wildman–Crippen MR) is 57.0 cm³/mol. The maximum atomic E-state index is 10.8. The number of ether oxygens (including phenoxy) is 1. The Bertz CT molecular complexity index is 213. The Balaban J connectivity index is 4.55. The minimum absolute atomic E-state index is 0.392. The molecule has 0 saturated carbocycles. The van der Waals surface area contributed by atoms with Gasteiger partial charge < -0.3 is 0 Å². The molecule has 0 radical (unpaired) electrons. The van der Waals surface area contributed by atoms with Crippen molar-refractivity contribution in [3.63, 3.8) is 0 Å². The Kier molecular flexibility index (Phi) is 6.22. The molecule has 0 bridgehead atoms. The van der Waals surface area contributed by atoms with Crippen molar-refractivity contribution < 1.29 is 9.53 Å². The normalized spacial score (nSPS) is 10.2. The van der Waals surface area contributed by atoms with E-state index in [0.29, 0.717) is 0 Å². The molecule has 0 amide bonds. The number of carbonyl (C=O) groups excluding carboxylic acids is 1. The fraction of sp³-hybridized carbons (Fsp3) is 0.700. The van der Waals surface area contributed by atoms with Crippen molar-refractivity contribution in [3.05, 3.63) is 0 Å². The monoisotopic (exact) mass is 290 g/mol. The topological polar surface area (TPSA) is 26.3 Å². The van der Waals surface area contributed by atoms with Gasteiger partial charge in [0.05, 0.1) is 0 Å². The average molecular weight is 289 g/mol. The van der Waals surface area contributed by atoms with Crippen LogP contribution in [0, 0.1) is 9.86 Å². The maximum absolute atomic E-state index is 10.8. The van der Waals surface area contributed by atoms with Crippen LogP contribution in [0.1, 0.15) is 20.8 Å². The summed E-state index contributed by atoms with van der Waals surface area (Å²) < 4.78 is 11.3. The zero-order valence-electron chi connectivity index (χ0n) is 8.94. The molecule has 13 heavy (non-hydrogen) atoms. The second kappa shape index (κ2) is 6.31. The number of hydrogen-bond donors (Lipinski definition) is 0. The first-order valence-corrected chi connectivity index (χ1v) is 12.2. The molecule has 74 valence electrons. The first-order valence-electron chi connectivity index (χ1n) is 4.75. The summed E-state index contributed by atoms with van der Waals surface area (Å²) in [6.07, 6.45) is 0. The second-order valence-electron chi connectivity index (χ2n) is 3.08. The van der Waals surface area contributed by atoms with Gasteiger partial charge in [-0.15, -0.1) is 0 Å². The first kappa shape index (κ1) is 12.8. The average Bonchev–Trinajstić information content (AvgIpc) is 2.20. The molecule has 0 heterocycles. The molecule has 0 unspecified atom stereocenters. The summed E-state index contributed by atoms with van der Waals surface area (Å²) in [5, 5.41) is 0. The standard InChI is InChI=1S/C4H3O2.3C2H5.Sn/c1-3-4(5)6-2;3*1-2;/h2H3;3*1H2,2H3;. The molecule has 0 aromatic heterocycles. The van der Waals surface area contributed by atoms with Gasteiger partial charge in [-0.25, -0.2) is 0 Å². The summed E-state index contributed by atoms with van der Waals surface area (Å²) >= 11 is -2.20. The van der Waals surface area contributed by atoms with E-state index in [-0.39, 0.29) is 0 Å². The molecule has 0 fully saturated rings. The summed E-state index contributed by atoms with van der Waals surface area (Å²) in [5.74, 6) is 2.22. The van der Waals surface area contributed by atoms with Crippen molar-refractivity contribution in [2.45, 2.75) is 34.1 Å². The van der Waals surface area contributed by atoms with Crippen molar-refractivity contribution in [3.8, 4) is 9.86 Å². The summed E-state index contributed by atoms with van der Waals surface area (Å²) in [5.41, 5.74) is 0. The van der Waals surface area contributed by atoms with Crippen molar-refractivity contribution in [1.29, 1.82) is 0 Å². The van der Waals surface area contributed by atoms with Crippen molar-refractivity contribution in [2.24, 2.45) is 0 Å². The van der Waals surface area contributed by atoms with Crippen LogP contribution in [0.2, 0.25) is 13.3 Å². The molecule has 0 spiro atoms. The van der Waals surface area contributed by atoms with Crippen LogP contribution in [-0.2, 0) is 9.53 Å². The summed E-state index contributed by atoms with van der Waals surface area (Å²) in [6, 6.07) is 0. The third-order valence-corrected chi connectivity index (χ3v) is 16.1. The quantitative estimate of drug-likeness (QED) is 0.452. The van der Waals surface area contributed by atoms with E-state index < -0.39 is 24.3 Å². The van der Waals surface area contributed by atoms with Crippen LogP contribution in [-0.4, -0.2) is 31.5 Å². The van der Waals surface area contributed by atoms with Crippen LogP contribution in [0.3, 0.4) is 0 Å². The van der Waals surface area contributed by atoms with Crippen LogP contribution >= 0.6 is 0 Å². The number of methoxy groups -OCH3 is 1. The first-order chi connectivity index (χ1) is 6.14. The Morgan fingerprint density at radius 1 is 1.23 bits per heavy atom. The molecule has 3 heteroatoms. The van der Waals surface area contributed by atoms with Crippen molar-refractivity contribution in [2.75, 3.05) is 7.11 Å². The third-order valence-electron chi connectivity index (χ3n) is 2.65. The van der Waals surface area contributed by atoms with Gasteiger partial charge in [0.2, 0.25) is 0 Å². The second-order valence-corrected chi connectivity index (χ2v) is 17.2. The number of hydrogen-bond acceptors (Lipinski definition) is 2. The predicted octanol–water partition coefficient (Wildman–Crippen LogP) is 2.21. The summed E-state index contributed by atoms with van der Waals surface area (Å²) in [4.78, 5) is 10.8. The molecule has 0 aliphatic heterocycles. The third kappa shape index (κ3) is 4.03. The van der Waals surface area contributed by atoms with E-state index in [9.17, 15) is 4.79 Å². The summed E-state index contributed by atoms with van der Waals surface area (Å²) in [6.45, 7) is 6.57. The molecule has 0 aromatic rings. The van der Waals surface area contributed by atoms with E-state index in [2.05, 4.69) is 35.4 Å². The van der Waals surface area contributed by atoms with Gasteiger partial charge in [0.15, 0.2) is 0 Å². The fourth-order valence-electron chi connectivity index (χ4n) is 1.25. The van der Waals surface area contributed by atoms with Gasteiger partial charge in [0.25, 0.3) is 0 Å². The molecular formula is C10H18O2Sn. The van der Waals surface area contributed by atoms with Gasteiger partial charge in [0, 0.05) is 0 Å². The Labute approximate surface area is 84.9 Å². The van der Waals surface area contributed by atoms with Crippen molar-refractivity contribution in [1.82, 2.24) is 0 Å². The van der Waals surface area contributed by atoms with Crippen LogP contribution in [0.15, 0.2) is 0 Å². The molecular weight excluding hydrogens is 271 g/mol. The molecule has 0 atom stereocenters. The number of esters is 1. The van der Waals surface area contributed by atoms with Gasteiger partial charge in [-0.05, 0) is 0 Å². The SMILES string of the molecule is C[CH2][Sn]([C]#CC(=O)OC)([CH2]C)[CH2]C. The van der Waals surface area contributed by atoms with Gasteiger partial charge in [-0.1, -0.05) is 0 Å². The molecule has 0 aliphatic carbocycles. The van der Waals surface area contributed by atoms with Gasteiger partial charge in [0.1, 0.15) is 0 Å². The number of rotatable bonds is 3. The fourth-order valence-corrected chi connectivity index (χ4v) is 8.09. The molecule has 0 rings (SSSR count). The van der Waals surface area contributed by atoms with Gasteiger partial charge >= 0.3 is 84.9 Å². The zero-order valence-corrected chi connectivity index (χ0v) is 11.8. The van der Waals surface area contributed by atoms with E-state index in [1.807, 2.05) is 0 Å². The van der Waals surface area contributed by atoms with E-state index in [4.69, 9.17) is 0 Å². The van der Waals surface area contributed by atoms with Gasteiger partial charge in [-0.2, -0.15) is 0 Å². The van der Waals surface area contributed by atoms with E-state index in [1.165, 1.54) is 20.4 Å². The summed E-state index contributed by atoms with van der Waals surface area (Å²) in [7, 11) is 1.37. The van der Waals surface area contributed by atoms with Gasteiger partial charge in [-0.3, -0.25) is 0 Å². The molecule has 0 aromatic carbocycles. The zero-order chi connectivity index (χ0) is 10.3. The van der Waals surface area contributed by atoms with Crippen molar-refractivity contribution >= 4 is 24.3 Å². The Morgan fingerprint density at radius 2 is 1.69 bits per heavy atom. The Hall–Kier alpha value is -0.171. The Morgan fingerprint density at radius 3 is 2.00 bits per heavy atom. The number of carbonyl (C=O) groups is 1. The van der Waals surface area contributed by atoms with E-state index >= 15 is 0 Å². The molecule has 0 N–H and O–H groups in total. The van der Waals surface area contributed by atoms with Crippen LogP contribution in [0.4, 0.5) is 0 Å². The van der Waals surface area contributed by atoms with Crippen LogP contribution in [0.25, 0.3) is 0 Å². The van der Waals surface area contributed by atoms with Crippen LogP contribution < -0.4 is 0 Å². The minimum atomic E-state index is -2.20.